The van der Waals surface area contributed by atoms with Gasteiger partial charge in [-0.2, -0.15) is 4.80 Å². The van der Waals surface area contributed by atoms with Gasteiger partial charge in [-0.05, 0) is 5.21 Å². The molecule has 70 valence electrons. The first-order valence-corrected chi connectivity index (χ1v) is 3.95. The van der Waals surface area contributed by atoms with Gasteiger partial charge in [0, 0.05) is 13.1 Å². The Morgan fingerprint density at radius 3 is 2.77 bits per heavy atom. The van der Waals surface area contributed by atoms with Crippen LogP contribution in [-0.2, 0) is 7.05 Å². The van der Waals surface area contributed by atoms with E-state index in [2.05, 4.69) is 15.4 Å². The minimum Gasteiger partial charge on any atom is -0.351 e. The number of likely N-dealkylation sites (tertiary alicyclic amines) is 1. The standard InChI is InChI=1S/C6H10N6O/c1-11-9-5(8-10-11)4-2-12(3-4)6(7)13/h4H,2-3H2,1H3,(H2,7,13). The van der Waals surface area contributed by atoms with E-state index in [1.165, 1.54) is 4.80 Å². The van der Waals surface area contributed by atoms with Crippen LogP contribution in [0.25, 0.3) is 0 Å². The average molecular weight is 182 g/mol. The summed E-state index contributed by atoms with van der Waals surface area (Å²) in [6, 6.07) is -0.389. The largest absolute Gasteiger partial charge is 0.351 e. The second kappa shape index (κ2) is 2.68. The fourth-order valence-electron chi connectivity index (χ4n) is 1.28. The van der Waals surface area contributed by atoms with E-state index in [9.17, 15) is 4.79 Å². The third-order valence-electron chi connectivity index (χ3n) is 2.08. The van der Waals surface area contributed by atoms with Crippen LogP contribution in [0.3, 0.4) is 0 Å². The van der Waals surface area contributed by atoms with E-state index in [0.29, 0.717) is 18.9 Å². The van der Waals surface area contributed by atoms with E-state index in [1.807, 2.05) is 0 Å². The number of nitrogens with zero attached hydrogens (tertiary/aromatic N) is 5. The van der Waals surface area contributed by atoms with Crippen molar-refractivity contribution in [3.63, 3.8) is 0 Å². The summed E-state index contributed by atoms with van der Waals surface area (Å²) in [5.41, 5.74) is 5.07. The molecule has 1 aliphatic heterocycles. The molecule has 0 radical (unpaired) electrons. The molecule has 7 heteroatoms. The molecule has 2 rings (SSSR count). The van der Waals surface area contributed by atoms with Crippen LogP contribution in [-0.4, -0.2) is 44.2 Å². The van der Waals surface area contributed by atoms with Gasteiger partial charge in [0.05, 0.1) is 13.0 Å². The second-order valence-corrected chi connectivity index (χ2v) is 3.08. The zero-order valence-corrected chi connectivity index (χ0v) is 7.21. The molecule has 1 fully saturated rings. The second-order valence-electron chi connectivity index (χ2n) is 3.08. The number of amides is 2. The van der Waals surface area contributed by atoms with Crippen LogP contribution in [0.5, 0.6) is 0 Å². The minimum atomic E-state index is -0.389. The topological polar surface area (TPSA) is 89.9 Å². The highest BCUT2D eigenvalue weighted by molar-refractivity contribution is 5.73. The first-order valence-electron chi connectivity index (χ1n) is 3.95. The van der Waals surface area contributed by atoms with Gasteiger partial charge in [-0.1, -0.05) is 0 Å². The molecule has 0 unspecified atom stereocenters. The zero-order chi connectivity index (χ0) is 9.42. The molecule has 1 aromatic rings. The van der Waals surface area contributed by atoms with Gasteiger partial charge in [0.2, 0.25) is 0 Å². The molecule has 1 saturated heterocycles. The van der Waals surface area contributed by atoms with Crippen LogP contribution in [0.2, 0.25) is 0 Å². The maximum atomic E-state index is 10.7. The molecule has 7 nitrogen and oxygen atoms in total. The number of aryl methyl sites for hydroxylation is 1. The number of urea groups is 1. The van der Waals surface area contributed by atoms with E-state index in [4.69, 9.17) is 5.73 Å². The number of hydrogen-bond donors (Lipinski definition) is 1. The Labute approximate surface area is 74.5 Å². The van der Waals surface area contributed by atoms with E-state index in [0.717, 1.165) is 0 Å². The lowest BCUT2D eigenvalue weighted by Gasteiger charge is -2.35. The maximum absolute atomic E-state index is 10.7. The fraction of sp³-hybridized carbons (Fsp3) is 0.667. The lowest BCUT2D eigenvalue weighted by Crippen LogP contribution is -2.51. The number of hydrogen-bond acceptors (Lipinski definition) is 4. The predicted octanol–water partition coefficient (Wildman–Crippen LogP) is -1.31. The summed E-state index contributed by atoms with van der Waals surface area (Å²) in [5, 5.41) is 11.6. The Hall–Kier alpha value is -1.66. The number of carbonyl (C=O) groups is 1. The third kappa shape index (κ3) is 1.32. The Morgan fingerprint density at radius 2 is 2.31 bits per heavy atom. The first kappa shape index (κ1) is 7.96. The van der Waals surface area contributed by atoms with Crippen molar-refractivity contribution in [3.05, 3.63) is 5.82 Å². The molecule has 2 heterocycles. The Morgan fingerprint density at radius 1 is 1.62 bits per heavy atom. The van der Waals surface area contributed by atoms with Crippen molar-refractivity contribution in [2.24, 2.45) is 12.8 Å². The smallest absolute Gasteiger partial charge is 0.314 e. The molecular weight excluding hydrogens is 172 g/mol. The highest BCUT2D eigenvalue weighted by Gasteiger charge is 2.33. The Balaban J connectivity index is 1.97. The average Bonchev–Trinajstić information content (AvgIpc) is 2.31. The monoisotopic (exact) mass is 182 g/mol. The third-order valence-corrected chi connectivity index (χ3v) is 2.08. The van der Waals surface area contributed by atoms with Crippen LogP contribution in [0.15, 0.2) is 0 Å². The van der Waals surface area contributed by atoms with Crippen LogP contribution in [0.1, 0.15) is 11.7 Å². The molecule has 2 amide bonds. The highest BCUT2D eigenvalue weighted by atomic mass is 16.2. The Bertz CT molecular complexity index is 328. The maximum Gasteiger partial charge on any atom is 0.314 e. The van der Waals surface area contributed by atoms with Gasteiger partial charge in [0.25, 0.3) is 0 Å². The van der Waals surface area contributed by atoms with Crippen molar-refractivity contribution in [2.45, 2.75) is 5.92 Å². The van der Waals surface area contributed by atoms with Gasteiger partial charge in [-0.3, -0.25) is 0 Å². The summed E-state index contributed by atoms with van der Waals surface area (Å²) in [6.07, 6.45) is 0. The molecule has 2 N–H and O–H groups in total. The Kier molecular flexibility index (Phi) is 1.64. The van der Waals surface area contributed by atoms with Crippen molar-refractivity contribution in [2.75, 3.05) is 13.1 Å². The lowest BCUT2D eigenvalue weighted by atomic mass is 10.0. The molecule has 0 spiro atoms. The quantitative estimate of drug-likeness (QED) is 0.583. The van der Waals surface area contributed by atoms with E-state index < -0.39 is 0 Å². The van der Waals surface area contributed by atoms with Gasteiger partial charge in [0.1, 0.15) is 0 Å². The van der Waals surface area contributed by atoms with Crippen molar-refractivity contribution in [3.8, 4) is 0 Å². The number of primary amides is 1. The summed E-state index contributed by atoms with van der Waals surface area (Å²) in [4.78, 5) is 13.6. The molecule has 0 aliphatic carbocycles. The van der Waals surface area contributed by atoms with Crippen molar-refractivity contribution in [1.82, 2.24) is 25.1 Å². The SMILES string of the molecule is Cn1nnc(C2CN(C(N)=O)C2)n1. The number of tetrazole rings is 1. The molecule has 1 aromatic heterocycles. The molecule has 13 heavy (non-hydrogen) atoms. The van der Waals surface area contributed by atoms with Gasteiger partial charge < -0.3 is 10.6 Å². The van der Waals surface area contributed by atoms with Gasteiger partial charge in [-0.25, -0.2) is 4.79 Å². The number of carbonyl (C=O) groups excluding carboxylic acids is 1. The normalized spacial score (nSPS) is 17.2. The van der Waals surface area contributed by atoms with E-state index in [1.54, 1.807) is 11.9 Å². The number of rotatable bonds is 1. The molecule has 0 aromatic carbocycles. The van der Waals surface area contributed by atoms with Gasteiger partial charge >= 0.3 is 6.03 Å². The summed E-state index contributed by atoms with van der Waals surface area (Å²) in [6.45, 7) is 1.20. The van der Waals surface area contributed by atoms with Crippen LogP contribution < -0.4 is 5.73 Å². The van der Waals surface area contributed by atoms with Crippen LogP contribution in [0.4, 0.5) is 4.79 Å². The van der Waals surface area contributed by atoms with E-state index in [-0.39, 0.29) is 11.9 Å². The first-order chi connectivity index (χ1) is 6.16. The summed E-state index contributed by atoms with van der Waals surface area (Å²) < 4.78 is 0. The van der Waals surface area contributed by atoms with Crippen LogP contribution >= 0.6 is 0 Å². The summed E-state index contributed by atoms with van der Waals surface area (Å²) >= 11 is 0. The molecule has 1 aliphatic rings. The van der Waals surface area contributed by atoms with E-state index >= 15 is 0 Å². The molecular formula is C6H10N6O. The van der Waals surface area contributed by atoms with Gasteiger partial charge in [0.15, 0.2) is 5.82 Å². The van der Waals surface area contributed by atoms with Crippen molar-refractivity contribution >= 4 is 6.03 Å². The summed E-state index contributed by atoms with van der Waals surface area (Å²) in [7, 11) is 1.71. The van der Waals surface area contributed by atoms with Crippen molar-refractivity contribution in [1.29, 1.82) is 0 Å². The van der Waals surface area contributed by atoms with Crippen molar-refractivity contribution < 1.29 is 4.79 Å². The van der Waals surface area contributed by atoms with Crippen LogP contribution in [0, 0.1) is 0 Å². The van der Waals surface area contributed by atoms with Gasteiger partial charge in [-0.15, -0.1) is 10.2 Å². The summed E-state index contributed by atoms with van der Waals surface area (Å²) in [5.74, 6) is 0.876. The highest BCUT2D eigenvalue weighted by Crippen LogP contribution is 2.22. The minimum absolute atomic E-state index is 0.196. The fourth-order valence-corrected chi connectivity index (χ4v) is 1.28. The molecule has 0 saturated carbocycles. The zero-order valence-electron chi connectivity index (χ0n) is 7.21. The lowest BCUT2D eigenvalue weighted by molar-refractivity contribution is 0.157. The molecule has 0 bridgehead atoms. The molecule has 0 atom stereocenters. The number of aromatic nitrogens is 4. The number of nitrogens with two attached hydrogens (primary N) is 1. The predicted molar refractivity (Wildman–Crippen MR) is 42.7 cm³/mol.